The monoisotopic (exact) mass is 407 g/mol. The Kier molecular flexibility index (Phi) is 6.65. The van der Waals surface area contributed by atoms with Crippen LogP contribution in [0.25, 0.3) is 0 Å². The molecule has 0 saturated carbocycles. The molecule has 1 fully saturated rings. The average molecular weight is 407 g/mol. The summed E-state index contributed by atoms with van der Waals surface area (Å²) < 4.78 is 53.4. The summed E-state index contributed by atoms with van der Waals surface area (Å²) in [7, 11) is -5.12. The van der Waals surface area contributed by atoms with Crippen molar-refractivity contribution in [2.24, 2.45) is 0 Å². The van der Waals surface area contributed by atoms with Crippen LogP contribution < -0.4 is 0 Å². The molecule has 1 aliphatic rings. The van der Waals surface area contributed by atoms with E-state index in [0.29, 0.717) is 0 Å². The van der Waals surface area contributed by atoms with E-state index in [2.05, 4.69) is 0 Å². The summed E-state index contributed by atoms with van der Waals surface area (Å²) in [6, 6.07) is 0. The Hall–Kier alpha value is 0.0284. The number of aliphatic hydroxyl groups excluding tert-OH is 4. The average Bonchev–Trinajstić information content (AvgIpc) is 2.60. The number of rotatable bonds is 7. The van der Waals surface area contributed by atoms with Crippen molar-refractivity contribution in [3.05, 3.63) is 0 Å². The first kappa shape index (κ1) is 20.1. The van der Waals surface area contributed by atoms with E-state index >= 15 is 0 Å². The van der Waals surface area contributed by atoms with Gasteiger partial charge in [-0.2, -0.15) is 0 Å². The first-order valence-electron chi connectivity index (χ1n) is 6.31. The van der Waals surface area contributed by atoms with Crippen molar-refractivity contribution >= 4 is 23.6 Å². The third-order valence-corrected chi connectivity index (χ3v) is 6.50. The summed E-state index contributed by atoms with van der Waals surface area (Å²) >= 11 is -3.15. The van der Waals surface area contributed by atoms with Crippen LogP contribution in [0.5, 0.6) is 0 Å². The molecule has 22 heavy (non-hydrogen) atoms. The third-order valence-electron chi connectivity index (χ3n) is 2.99. The predicted octanol–water partition coefficient (Wildman–Crippen LogP) is -2.69. The van der Waals surface area contributed by atoms with E-state index in [1.165, 1.54) is 11.4 Å². The Bertz CT molecular complexity index is 516. The topological polar surface area (TPSA) is 174 Å². The minimum absolute atomic E-state index is 0.0520. The Morgan fingerprint density at radius 2 is 1.82 bits per heavy atom. The van der Waals surface area contributed by atoms with Gasteiger partial charge in [0.25, 0.3) is 0 Å². The van der Waals surface area contributed by atoms with Gasteiger partial charge >= 0.3 is 130 Å². The zero-order chi connectivity index (χ0) is 17.3. The van der Waals surface area contributed by atoms with Crippen molar-refractivity contribution in [2.75, 3.05) is 6.61 Å². The van der Waals surface area contributed by atoms with Crippen molar-refractivity contribution in [1.29, 1.82) is 0 Å². The maximum absolute atomic E-state index is 11.8. The van der Waals surface area contributed by atoms with E-state index < -0.39 is 66.4 Å². The number of hydrogen-bond acceptors (Lipinski definition) is 10. The fourth-order valence-corrected chi connectivity index (χ4v) is 4.82. The quantitative estimate of drug-likeness (QED) is 0.257. The molecule has 132 valence electrons. The first-order valence-corrected chi connectivity index (χ1v) is 13.6. The molecule has 2 unspecified atom stereocenters. The molecule has 1 saturated heterocycles. The van der Waals surface area contributed by atoms with Crippen LogP contribution in [-0.2, 0) is 23.3 Å². The number of hydrogen-bond donors (Lipinski definition) is 4. The van der Waals surface area contributed by atoms with Gasteiger partial charge in [0, 0.05) is 0 Å². The zero-order valence-electron chi connectivity index (χ0n) is 12.0. The van der Waals surface area contributed by atoms with Crippen molar-refractivity contribution in [3.63, 3.8) is 0 Å². The van der Waals surface area contributed by atoms with Crippen LogP contribution in [0.3, 0.4) is 0 Å². The second-order valence-electron chi connectivity index (χ2n) is 5.56. The molecule has 1 aliphatic heterocycles. The van der Waals surface area contributed by atoms with Crippen LogP contribution in [0.4, 0.5) is 0 Å². The Labute approximate surface area is 130 Å². The van der Waals surface area contributed by atoms with Crippen molar-refractivity contribution in [2.45, 2.75) is 52.8 Å². The molecule has 0 aliphatic carbocycles. The summed E-state index contributed by atoms with van der Waals surface area (Å²) in [5.41, 5.74) is 0.490. The van der Waals surface area contributed by atoms with E-state index in [0.717, 1.165) is 0 Å². The number of ether oxygens (including phenoxy) is 2. The van der Waals surface area contributed by atoms with Crippen LogP contribution in [-0.4, -0.2) is 89.6 Å². The molecule has 4 N–H and O–H groups in total. The molecule has 1 heterocycles. The second-order valence-corrected chi connectivity index (χ2v) is 14.4. The zero-order valence-corrected chi connectivity index (χ0v) is 14.7. The van der Waals surface area contributed by atoms with Crippen LogP contribution in [0.2, 0.25) is 16.6 Å². The molecule has 10 nitrogen and oxygen atoms in total. The molecule has 0 amide bonds. The van der Waals surface area contributed by atoms with Gasteiger partial charge in [0.2, 0.25) is 0 Å². The Morgan fingerprint density at radius 3 is 2.27 bits per heavy atom. The summed E-state index contributed by atoms with van der Waals surface area (Å²) in [5.74, 6) is 0. The Balaban J connectivity index is 2.59. The summed E-state index contributed by atoms with van der Waals surface area (Å²) in [6.07, 6.45) is -7.23. The predicted molar refractivity (Wildman–Crippen MR) is 71.3 cm³/mol. The first-order chi connectivity index (χ1) is 9.83. The minimum atomic E-state index is -5.12. The van der Waals surface area contributed by atoms with Crippen LogP contribution in [0, 0.1) is 0 Å². The van der Waals surface area contributed by atoms with Crippen LogP contribution in [0.15, 0.2) is 0 Å². The van der Waals surface area contributed by atoms with E-state index in [1.807, 2.05) is 0 Å². The third kappa shape index (κ3) is 5.59. The van der Waals surface area contributed by atoms with Crippen molar-refractivity contribution in [3.8, 4) is 0 Å². The Morgan fingerprint density at radius 1 is 1.27 bits per heavy atom. The molecule has 0 radical (unpaired) electrons. The van der Waals surface area contributed by atoms with Gasteiger partial charge in [-0.15, -0.1) is 0 Å². The van der Waals surface area contributed by atoms with Crippen molar-refractivity contribution < 1.29 is 46.6 Å². The van der Waals surface area contributed by atoms with E-state index in [9.17, 15) is 32.0 Å². The van der Waals surface area contributed by atoms with Gasteiger partial charge in [0.05, 0.1) is 0 Å². The molecular weight excluding hydrogens is 387 g/mol. The second kappa shape index (κ2) is 7.28. The van der Waals surface area contributed by atoms with E-state index in [1.54, 1.807) is 0 Å². The van der Waals surface area contributed by atoms with Gasteiger partial charge in [0.15, 0.2) is 0 Å². The normalized spacial score (nSPS) is 32.9. The molecule has 6 atom stereocenters. The van der Waals surface area contributed by atoms with Gasteiger partial charge in [-0.3, -0.25) is 0 Å². The van der Waals surface area contributed by atoms with Crippen molar-refractivity contribution in [1.82, 2.24) is 0 Å². The molecule has 0 aromatic carbocycles. The van der Waals surface area contributed by atoms with Crippen LogP contribution >= 0.6 is 0 Å². The standard InChI is InChI=1S/C10H21AsO10S/c1-11(2,16)3-6-7(13)8(14)10(21-6)20-4-5(12)9(15)22(17,18)19/h5-10,12-15H,3-4H2,1-2H3,(H,17,18,19)/p-1/t5?,6-,7-,8-,9?,10-/m1/s1. The SMILES string of the molecule is C[As](C)(=O)C[C@H]1O[C@@H](OCC(O)C(O)S(=O)(=O)[O-])[C@H](O)[C@@H]1O. The molecule has 0 spiro atoms. The molecular formula is C10H20AsO10S-. The molecule has 0 bridgehead atoms. The van der Waals surface area contributed by atoms with E-state index in [4.69, 9.17) is 14.6 Å². The summed E-state index contributed by atoms with van der Waals surface area (Å²) in [5, 5.41) is 37.9. The maximum atomic E-state index is 11.8. The molecule has 0 aromatic heterocycles. The molecule has 0 aromatic rings. The van der Waals surface area contributed by atoms with Gasteiger partial charge in [-0.05, 0) is 0 Å². The van der Waals surface area contributed by atoms with E-state index in [-0.39, 0.29) is 5.21 Å². The number of aliphatic hydroxyl groups is 4. The fourth-order valence-electron chi connectivity index (χ4n) is 1.90. The van der Waals surface area contributed by atoms with Gasteiger partial charge in [-0.1, -0.05) is 0 Å². The summed E-state index contributed by atoms with van der Waals surface area (Å²) in [6.45, 7) is -0.815. The fraction of sp³-hybridized carbons (Fsp3) is 1.00. The van der Waals surface area contributed by atoms with Gasteiger partial charge in [-0.25, -0.2) is 0 Å². The molecule has 1 rings (SSSR count). The molecule has 12 heteroatoms. The van der Waals surface area contributed by atoms with Gasteiger partial charge < -0.3 is 0 Å². The van der Waals surface area contributed by atoms with Crippen LogP contribution in [0.1, 0.15) is 0 Å². The van der Waals surface area contributed by atoms with Gasteiger partial charge in [0.1, 0.15) is 0 Å². The summed E-state index contributed by atoms with van der Waals surface area (Å²) in [4.78, 5) is 0.